The van der Waals surface area contributed by atoms with Gasteiger partial charge in [0.15, 0.2) is 0 Å². The number of aliphatic hydroxyl groups is 1. The number of aliphatic hydroxyl groups excluding tert-OH is 1. The largest absolute Gasteiger partial charge is 0.444 e. The normalized spacial score (nSPS) is 19.6. The predicted molar refractivity (Wildman–Crippen MR) is 197 cm³/mol. The first-order chi connectivity index (χ1) is 24.5. The van der Waals surface area contributed by atoms with E-state index in [1.54, 1.807) is 18.1 Å². The maximum absolute atomic E-state index is 13.7. The Balaban J connectivity index is 1.19. The maximum Gasteiger partial charge on any atom is 0.410 e. The lowest BCUT2D eigenvalue weighted by molar-refractivity contribution is -0.123. The average molecular weight is 733 g/mol. The molecule has 2 aromatic carbocycles. The molecule has 6 rings (SSSR count). The Kier molecular flexibility index (Phi) is 10.5. The molecule has 1 fully saturated rings. The minimum Gasteiger partial charge on any atom is -0.444 e. The molecule has 0 bridgehead atoms. The van der Waals surface area contributed by atoms with Crippen LogP contribution in [-0.2, 0) is 55.7 Å². The molecule has 278 valence electrons. The number of nitrogens with zero attached hydrogens (tertiary/aromatic N) is 4. The first-order valence-electron chi connectivity index (χ1n) is 17.6. The molecule has 2 atom stereocenters. The van der Waals surface area contributed by atoms with E-state index in [-0.39, 0.29) is 50.5 Å². The second-order valence-electron chi connectivity index (χ2n) is 15.2. The highest BCUT2D eigenvalue weighted by Gasteiger charge is 2.51. The lowest BCUT2D eigenvalue weighted by Crippen LogP contribution is -2.48. The highest BCUT2D eigenvalue weighted by molar-refractivity contribution is 7.88. The van der Waals surface area contributed by atoms with E-state index in [0.717, 1.165) is 27.8 Å². The highest BCUT2D eigenvalue weighted by atomic mass is 32.2. The summed E-state index contributed by atoms with van der Waals surface area (Å²) in [5.74, 6) is -0.0922. The Morgan fingerprint density at radius 1 is 1.06 bits per heavy atom. The van der Waals surface area contributed by atoms with Crippen LogP contribution in [0.3, 0.4) is 0 Å². The Hall–Kier alpha value is -4.37. The van der Waals surface area contributed by atoms with E-state index < -0.39 is 33.4 Å². The zero-order valence-corrected chi connectivity index (χ0v) is 31.2. The Morgan fingerprint density at radius 2 is 1.73 bits per heavy atom. The Bertz CT molecular complexity index is 1960. The summed E-state index contributed by atoms with van der Waals surface area (Å²) in [5, 5.41) is 17.7. The molecule has 3 heterocycles. The van der Waals surface area contributed by atoms with Gasteiger partial charge in [-0.15, -0.1) is 0 Å². The number of rotatable bonds is 10. The van der Waals surface area contributed by atoms with Crippen molar-refractivity contribution in [1.82, 2.24) is 19.1 Å². The van der Waals surface area contributed by atoms with Crippen molar-refractivity contribution in [2.75, 3.05) is 43.6 Å². The third-order valence-corrected chi connectivity index (χ3v) is 11.5. The number of anilines is 2. The molecule has 52 heavy (non-hydrogen) atoms. The number of carbonyl (C=O) groups is 3. The van der Waals surface area contributed by atoms with Crippen LogP contribution in [0.25, 0.3) is 0 Å². The van der Waals surface area contributed by atoms with Crippen molar-refractivity contribution in [2.24, 2.45) is 5.92 Å². The number of fused-ring (bicyclic) bond motifs is 3. The van der Waals surface area contributed by atoms with Crippen LogP contribution in [0, 0.1) is 5.92 Å². The van der Waals surface area contributed by atoms with E-state index in [1.807, 2.05) is 75.4 Å². The lowest BCUT2D eigenvalue weighted by atomic mass is 9.79. The van der Waals surface area contributed by atoms with Gasteiger partial charge in [0.2, 0.25) is 21.8 Å². The fourth-order valence-electron chi connectivity index (χ4n) is 7.52. The number of sulfonamides is 1. The zero-order chi connectivity index (χ0) is 37.4. The van der Waals surface area contributed by atoms with Gasteiger partial charge in [0.1, 0.15) is 17.6 Å². The predicted octanol–water partition coefficient (Wildman–Crippen LogP) is 3.87. The first kappa shape index (κ1) is 37.4. The Labute approximate surface area is 305 Å². The topological polar surface area (TPSA) is 161 Å². The van der Waals surface area contributed by atoms with Crippen LogP contribution in [0.1, 0.15) is 61.4 Å². The fraction of sp³-hybridized carbons (Fsp3) is 0.474. The molecule has 0 radical (unpaired) electrons. The second kappa shape index (κ2) is 14.6. The van der Waals surface area contributed by atoms with Gasteiger partial charge in [-0.3, -0.25) is 14.5 Å². The third-order valence-electron chi connectivity index (χ3n) is 10.2. The number of hydrogen-bond donors (Lipinski definition) is 3. The van der Waals surface area contributed by atoms with Crippen molar-refractivity contribution >= 4 is 39.4 Å². The SMILES string of the molecule is CN(Cc1ccccc1CN(CC(=O)Nc1ccc2c(c1)CC1(C2)C(=O)Nc2ncccc21)C(O)C1CCN(S(C)(=O)=O)CC1)C(=O)OC(C)(C)C. The molecule has 0 saturated carbocycles. The van der Waals surface area contributed by atoms with Crippen molar-refractivity contribution in [3.8, 4) is 0 Å². The van der Waals surface area contributed by atoms with Gasteiger partial charge >= 0.3 is 6.09 Å². The molecular weight excluding hydrogens is 685 g/mol. The number of nitrogens with one attached hydrogen (secondary N) is 2. The minimum absolute atomic E-state index is 0.0763. The van der Waals surface area contributed by atoms with E-state index in [1.165, 1.54) is 15.5 Å². The maximum atomic E-state index is 13.7. The van der Waals surface area contributed by atoms with Crippen LogP contribution >= 0.6 is 0 Å². The van der Waals surface area contributed by atoms with E-state index in [2.05, 4.69) is 15.6 Å². The molecule has 1 aliphatic carbocycles. The van der Waals surface area contributed by atoms with Crippen LogP contribution in [0.2, 0.25) is 0 Å². The summed E-state index contributed by atoms with van der Waals surface area (Å²) < 4.78 is 31.3. The summed E-state index contributed by atoms with van der Waals surface area (Å²) in [5.41, 5.74) is 3.75. The van der Waals surface area contributed by atoms with E-state index in [0.29, 0.717) is 37.2 Å². The smallest absolute Gasteiger partial charge is 0.410 e. The molecule has 3 amide bonds. The molecule has 2 aliphatic heterocycles. The van der Waals surface area contributed by atoms with Crippen molar-refractivity contribution in [1.29, 1.82) is 0 Å². The third kappa shape index (κ3) is 8.15. The zero-order valence-electron chi connectivity index (χ0n) is 30.4. The van der Waals surface area contributed by atoms with Crippen LogP contribution in [0.5, 0.6) is 0 Å². The number of carbonyl (C=O) groups excluding carboxylic acids is 3. The summed E-state index contributed by atoms with van der Waals surface area (Å²) in [6.45, 7) is 6.30. The number of ether oxygens (including phenoxy) is 1. The van der Waals surface area contributed by atoms with Crippen LogP contribution in [0.4, 0.5) is 16.3 Å². The van der Waals surface area contributed by atoms with Gasteiger partial charge in [0.25, 0.3) is 0 Å². The van der Waals surface area contributed by atoms with E-state index >= 15 is 0 Å². The summed E-state index contributed by atoms with van der Waals surface area (Å²) in [7, 11) is -1.70. The lowest BCUT2D eigenvalue weighted by Gasteiger charge is -2.38. The first-order valence-corrected chi connectivity index (χ1v) is 19.4. The number of hydrogen-bond acceptors (Lipinski definition) is 9. The van der Waals surface area contributed by atoms with Crippen LogP contribution in [-0.4, -0.2) is 95.3 Å². The van der Waals surface area contributed by atoms with Gasteiger partial charge in [-0.25, -0.2) is 22.5 Å². The van der Waals surface area contributed by atoms with Gasteiger partial charge in [0, 0.05) is 56.6 Å². The van der Waals surface area contributed by atoms with E-state index in [4.69, 9.17) is 4.74 Å². The number of aromatic nitrogens is 1. The molecule has 3 aliphatic rings. The number of pyridine rings is 1. The summed E-state index contributed by atoms with van der Waals surface area (Å²) >= 11 is 0. The second-order valence-corrected chi connectivity index (χ2v) is 17.2. The van der Waals surface area contributed by atoms with Gasteiger partial charge in [-0.05, 0) is 86.9 Å². The number of benzene rings is 2. The number of piperidine rings is 1. The van der Waals surface area contributed by atoms with Gasteiger partial charge in [0.05, 0.1) is 18.2 Å². The monoisotopic (exact) mass is 732 g/mol. The summed E-state index contributed by atoms with van der Waals surface area (Å²) in [6, 6.07) is 17.0. The fourth-order valence-corrected chi connectivity index (χ4v) is 8.40. The molecule has 1 aromatic heterocycles. The molecule has 13 nitrogen and oxygen atoms in total. The van der Waals surface area contributed by atoms with Gasteiger partial charge < -0.3 is 25.4 Å². The van der Waals surface area contributed by atoms with Gasteiger partial charge in [-0.1, -0.05) is 36.4 Å². The van der Waals surface area contributed by atoms with Crippen molar-refractivity contribution in [3.63, 3.8) is 0 Å². The minimum atomic E-state index is -3.36. The van der Waals surface area contributed by atoms with Crippen molar-refractivity contribution in [2.45, 2.75) is 76.8 Å². The quantitative estimate of drug-likeness (QED) is 0.263. The van der Waals surface area contributed by atoms with Crippen molar-refractivity contribution < 1.29 is 32.6 Å². The van der Waals surface area contributed by atoms with Crippen molar-refractivity contribution in [3.05, 3.63) is 88.6 Å². The molecular formula is C38H48N6O7S. The molecule has 14 heteroatoms. The average Bonchev–Trinajstić information content (AvgIpc) is 3.60. The Morgan fingerprint density at radius 3 is 2.40 bits per heavy atom. The molecule has 2 unspecified atom stereocenters. The van der Waals surface area contributed by atoms with E-state index in [9.17, 15) is 27.9 Å². The highest BCUT2D eigenvalue weighted by Crippen LogP contribution is 2.47. The molecule has 3 aromatic rings. The standard InChI is InChI=1S/C38H48N6O7S/c1-37(2,3)51-36(48)42(4)22-27-9-6-7-10-28(27)23-43(34(46)25-14-17-44(18-15-25)52(5,49)50)24-32(45)40-30-13-12-26-20-38(21-29(26)19-30)31-11-8-16-39-33(31)41-35(38)47/h6-13,16,19,25,34,46H,14-15,17-18,20-24H2,1-5H3,(H,40,45)(H,39,41,47). The summed E-state index contributed by atoms with van der Waals surface area (Å²) in [6.07, 6.45) is 3.24. The van der Waals surface area contributed by atoms with Gasteiger partial charge in [-0.2, -0.15) is 0 Å². The molecule has 1 saturated heterocycles. The molecule has 1 spiro atoms. The molecule has 3 N–H and O–H groups in total. The summed E-state index contributed by atoms with van der Waals surface area (Å²) in [4.78, 5) is 47.2. The van der Waals surface area contributed by atoms with Crippen LogP contribution in [0.15, 0.2) is 60.8 Å². The van der Waals surface area contributed by atoms with Crippen LogP contribution < -0.4 is 10.6 Å². The number of amides is 3.